The minimum absolute atomic E-state index is 0.0849. The van der Waals surface area contributed by atoms with Gasteiger partial charge >= 0.3 is 0 Å². The van der Waals surface area contributed by atoms with E-state index in [-0.39, 0.29) is 5.91 Å². The third kappa shape index (κ3) is 4.06. The van der Waals surface area contributed by atoms with Crippen molar-refractivity contribution in [1.29, 1.82) is 0 Å². The van der Waals surface area contributed by atoms with Crippen LogP contribution in [0.25, 0.3) is 5.52 Å². The molecule has 7 heteroatoms. The smallest absolute Gasteiger partial charge is 0.252 e. The highest BCUT2D eigenvalue weighted by atomic mass is 16.1. The van der Waals surface area contributed by atoms with Crippen molar-refractivity contribution in [2.75, 3.05) is 37.4 Å². The van der Waals surface area contributed by atoms with E-state index in [0.29, 0.717) is 24.5 Å². The van der Waals surface area contributed by atoms with E-state index in [1.807, 2.05) is 73.0 Å². The first-order chi connectivity index (χ1) is 12.0. The fourth-order valence-electron chi connectivity index (χ4n) is 2.52. The Kier molecular flexibility index (Phi) is 4.83. The van der Waals surface area contributed by atoms with Gasteiger partial charge in [-0.3, -0.25) is 4.79 Å². The monoisotopic (exact) mass is 338 g/mol. The fourth-order valence-corrected chi connectivity index (χ4v) is 2.52. The Balaban J connectivity index is 1.53. The summed E-state index contributed by atoms with van der Waals surface area (Å²) in [6.45, 7) is 2.95. The molecule has 0 spiro atoms. The highest BCUT2D eigenvalue weighted by Crippen LogP contribution is 2.13. The quantitative estimate of drug-likeness (QED) is 0.672. The SMILES string of the molecule is Cc1nc(NCCNC(=O)c2cc3ccccn3c2)cc(N(C)C)n1. The summed E-state index contributed by atoms with van der Waals surface area (Å²) in [6.07, 6.45) is 3.75. The summed E-state index contributed by atoms with van der Waals surface area (Å²) in [5.41, 5.74) is 1.65. The van der Waals surface area contributed by atoms with E-state index >= 15 is 0 Å². The zero-order valence-electron chi connectivity index (χ0n) is 14.7. The Morgan fingerprint density at radius 1 is 1.20 bits per heavy atom. The molecule has 3 aromatic heterocycles. The van der Waals surface area contributed by atoms with Crippen molar-refractivity contribution in [3.8, 4) is 0 Å². The second kappa shape index (κ2) is 7.21. The molecule has 0 aliphatic carbocycles. The molecule has 0 saturated heterocycles. The highest BCUT2D eigenvalue weighted by Gasteiger charge is 2.08. The minimum atomic E-state index is -0.0849. The average molecular weight is 338 g/mol. The molecule has 3 heterocycles. The number of hydrogen-bond acceptors (Lipinski definition) is 5. The summed E-state index contributed by atoms with van der Waals surface area (Å²) in [5.74, 6) is 2.22. The van der Waals surface area contributed by atoms with Gasteiger partial charge in [-0.15, -0.1) is 0 Å². The number of rotatable bonds is 6. The van der Waals surface area contributed by atoms with Crippen LogP contribution < -0.4 is 15.5 Å². The van der Waals surface area contributed by atoms with E-state index in [2.05, 4.69) is 20.6 Å². The number of nitrogens with one attached hydrogen (secondary N) is 2. The largest absolute Gasteiger partial charge is 0.368 e. The third-order valence-corrected chi connectivity index (χ3v) is 3.77. The van der Waals surface area contributed by atoms with Gasteiger partial charge in [-0.25, -0.2) is 9.97 Å². The van der Waals surface area contributed by atoms with E-state index in [9.17, 15) is 4.79 Å². The van der Waals surface area contributed by atoms with Gasteiger partial charge in [-0.05, 0) is 25.1 Å². The Morgan fingerprint density at radius 2 is 2.04 bits per heavy atom. The lowest BCUT2D eigenvalue weighted by Gasteiger charge is -2.14. The molecule has 3 rings (SSSR count). The van der Waals surface area contributed by atoms with Crippen molar-refractivity contribution in [2.45, 2.75) is 6.92 Å². The maximum absolute atomic E-state index is 12.2. The summed E-state index contributed by atoms with van der Waals surface area (Å²) in [7, 11) is 3.88. The van der Waals surface area contributed by atoms with Crippen LogP contribution in [0.3, 0.4) is 0 Å². The molecular weight excluding hydrogens is 316 g/mol. The summed E-state index contributed by atoms with van der Waals surface area (Å²) in [6, 6.07) is 9.62. The third-order valence-electron chi connectivity index (χ3n) is 3.77. The number of nitrogens with zero attached hydrogens (tertiary/aromatic N) is 4. The Bertz CT molecular complexity index is 853. The summed E-state index contributed by atoms with van der Waals surface area (Å²) >= 11 is 0. The van der Waals surface area contributed by atoms with Crippen LogP contribution in [0.2, 0.25) is 0 Å². The molecule has 0 saturated carbocycles. The maximum Gasteiger partial charge on any atom is 0.252 e. The lowest BCUT2D eigenvalue weighted by molar-refractivity contribution is 0.0955. The number of carbonyl (C=O) groups excluding carboxylic acids is 1. The molecule has 0 radical (unpaired) electrons. The van der Waals surface area contributed by atoms with Crippen LogP contribution in [-0.4, -0.2) is 47.5 Å². The van der Waals surface area contributed by atoms with Gasteiger partial charge in [0.1, 0.15) is 17.5 Å². The van der Waals surface area contributed by atoms with Crippen molar-refractivity contribution in [3.05, 3.63) is 54.1 Å². The topological polar surface area (TPSA) is 74.6 Å². The van der Waals surface area contributed by atoms with Gasteiger partial charge in [0.15, 0.2) is 0 Å². The molecule has 7 nitrogen and oxygen atoms in total. The van der Waals surface area contributed by atoms with Crippen molar-refractivity contribution >= 4 is 23.1 Å². The molecule has 0 aliphatic heterocycles. The molecule has 0 atom stereocenters. The predicted molar refractivity (Wildman–Crippen MR) is 99.3 cm³/mol. The number of aryl methyl sites for hydroxylation is 1. The van der Waals surface area contributed by atoms with E-state index in [1.165, 1.54) is 0 Å². The molecule has 130 valence electrons. The average Bonchev–Trinajstić information content (AvgIpc) is 3.02. The van der Waals surface area contributed by atoms with Gasteiger partial charge in [-0.1, -0.05) is 6.07 Å². The van der Waals surface area contributed by atoms with E-state index in [1.54, 1.807) is 0 Å². The molecule has 2 N–H and O–H groups in total. The Hall–Kier alpha value is -3.09. The lowest BCUT2D eigenvalue weighted by Crippen LogP contribution is -2.28. The van der Waals surface area contributed by atoms with Gasteiger partial charge < -0.3 is 19.9 Å². The first kappa shape index (κ1) is 16.8. The normalized spacial score (nSPS) is 10.7. The van der Waals surface area contributed by atoms with Crippen LogP contribution in [0, 0.1) is 6.92 Å². The van der Waals surface area contributed by atoms with Gasteiger partial charge in [0.05, 0.1) is 5.56 Å². The summed E-state index contributed by atoms with van der Waals surface area (Å²) < 4.78 is 1.93. The number of fused-ring (bicyclic) bond motifs is 1. The Morgan fingerprint density at radius 3 is 2.80 bits per heavy atom. The van der Waals surface area contributed by atoms with E-state index in [0.717, 1.165) is 17.2 Å². The number of amides is 1. The van der Waals surface area contributed by atoms with Crippen molar-refractivity contribution in [3.63, 3.8) is 0 Å². The van der Waals surface area contributed by atoms with Crippen LogP contribution in [0.4, 0.5) is 11.6 Å². The lowest BCUT2D eigenvalue weighted by atomic mass is 10.3. The summed E-state index contributed by atoms with van der Waals surface area (Å²) in [4.78, 5) is 22.9. The first-order valence-electron chi connectivity index (χ1n) is 8.15. The second-order valence-corrected chi connectivity index (χ2v) is 6.00. The molecule has 1 amide bonds. The van der Waals surface area contributed by atoms with E-state index < -0.39 is 0 Å². The minimum Gasteiger partial charge on any atom is -0.368 e. The zero-order chi connectivity index (χ0) is 17.8. The van der Waals surface area contributed by atoms with Gasteiger partial charge in [0.25, 0.3) is 5.91 Å². The molecule has 0 aromatic carbocycles. The molecular formula is C18H22N6O. The molecule has 0 unspecified atom stereocenters. The number of aromatic nitrogens is 3. The number of carbonyl (C=O) groups is 1. The molecule has 3 aromatic rings. The van der Waals surface area contributed by atoms with Crippen LogP contribution in [0.15, 0.2) is 42.7 Å². The molecule has 0 bridgehead atoms. The molecule has 0 fully saturated rings. The standard InChI is InChI=1S/C18H22N6O/c1-13-21-16(11-17(22-13)23(2)3)19-7-8-20-18(25)14-10-15-6-4-5-9-24(15)12-14/h4-6,9-12H,7-8H2,1-3H3,(H,20,25)(H,19,21,22). The predicted octanol–water partition coefficient (Wildman–Crippen LogP) is 1.95. The van der Waals surface area contributed by atoms with Gasteiger partial charge in [0.2, 0.25) is 0 Å². The first-order valence-corrected chi connectivity index (χ1v) is 8.15. The number of anilines is 2. The zero-order valence-corrected chi connectivity index (χ0v) is 14.7. The van der Waals surface area contributed by atoms with Crippen LogP contribution in [0.5, 0.6) is 0 Å². The second-order valence-electron chi connectivity index (χ2n) is 6.00. The number of pyridine rings is 1. The van der Waals surface area contributed by atoms with Gasteiger partial charge in [-0.2, -0.15) is 0 Å². The summed E-state index contributed by atoms with van der Waals surface area (Å²) in [5, 5.41) is 6.13. The molecule has 25 heavy (non-hydrogen) atoms. The highest BCUT2D eigenvalue weighted by molar-refractivity contribution is 5.95. The Labute approximate surface area is 146 Å². The van der Waals surface area contributed by atoms with Crippen LogP contribution >= 0.6 is 0 Å². The van der Waals surface area contributed by atoms with Crippen molar-refractivity contribution in [1.82, 2.24) is 19.7 Å². The van der Waals surface area contributed by atoms with Crippen molar-refractivity contribution < 1.29 is 4.79 Å². The number of hydrogen-bond donors (Lipinski definition) is 2. The van der Waals surface area contributed by atoms with E-state index in [4.69, 9.17) is 0 Å². The van der Waals surface area contributed by atoms with Crippen LogP contribution in [0.1, 0.15) is 16.2 Å². The van der Waals surface area contributed by atoms with Crippen LogP contribution in [-0.2, 0) is 0 Å². The molecule has 0 aliphatic rings. The van der Waals surface area contributed by atoms with Crippen molar-refractivity contribution in [2.24, 2.45) is 0 Å². The fraction of sp³-hybridized carbons (Fsp3) is 0.278. The van der Waals surface area contributed by atoms with Gasteiger partial charge in [0, 0.05) is 51.2 Å². The maximum atomic E-state index is 12.2.